The van der Waals surface area contributed by atoms with Crippen LogP contribution in [-0.4, -0.2) is 34.5 Å². The van der Waals surface area contributed by atoms with Gasteiger partial charge in [-0.25, -0.2) is 14.4 Å². The highest BCUT2D eigenvalue weighted by atomic mass is 19.1. The molecular weight excluding hydrogens is 261 g/mol. The molecule has 0 saturated heterocycles. The van der Waals surface area contributed by atoms with Crippen molar-refractivity contribution in [1.29, 1.82) is 0 Å². The van der Waals surface area contributed by atoms with Crippen molar-refractivity contribution in [3.05, 3.63) is 41.5 Å². The standard InChI is InChI=1S/C14H14FN3O2/c1-9-12(7-17-14(18-9)16-4-5-19)10-2-3-13(15)11(6-10)8-20/h2-3,6-8,19H,4-5H2,1H3,(H,16,17,18). The van der Waals surface area contributed by atoms with E-state index < -0.39 is 5.82 Å². The summed E-state index contributed by atoms with van der Waals surface area (Å²) in [7, 11) is 0. The number of hydrogen-bond donors (Lipinski definition) is 2. The SMILES string of the molecule is Cc1nc(NCCO)ncc1-c1ccc(F)c(C=O)c1. The van der Waals surface area contributed by atoms with Crippen molar-refractivity contribution in [2.75, 3.05) is 18.5 Å². The number of hydrogen-bond acceptors (Lipinski definition) is 5. The molecular formula is C14H14FN3O2. The third-order valence-electron chi connectivity index (χ3n) is 2.81. The van der Waals surface area contributed by atoms with E-state index in [2.05, 4.69) is 15.3 Å². The third kappa shape index (κ3) is 2.97. The van der Waals surface area contributed by atoms with Crippen LogP contribution in [0.3, 0.4) is 0 Å². The molecule has 0 aliphatic rings. The highest BCUT2D eigenvalue weighted by Crippen LogP contribution is 2.24. The van der Waals surface area contributed by atoms with E-state index in [9.17, 15) is 9.18 Å². The van der Waals surface area contributed by atoms with Gasteiger partial charge in [0, 0.05) is 18.3 Å². The lowest BCUT2D eigenvalue weighted by molar-refractivity contribution is 0.112. The summed E-state index contributed by atoms with van der Waals surface area (Å²) in [6.45, 7) is 2.15. The normalized spacial score (nSPS) is 10.3. The predicted molar refractivity (Wildman–Crippen MR) is 73.1 cm³/mol. The minimum absolute atomic E-state index is 0.00406. The van der Waals surface area contributed by atoms with Gasteiger partial charge in [0.05, 0.1) is 17.9 Å². The van der Waals surface area contributed by atoms with Crippen LogP contribution < -0.4 is 5.32 Å². The molecule has 1 heterocycles. The Balaban J connectivity index is 2.35. The van der Waals surface area contributed by atoms with Gasteiger partial charge in [-0.3, -0.25) is 4.79 Å². The van der Waals surface area contributed by atoms with E-state index in [-0.39, 0.29) is 12.2 Å². The van der Waals surface area contributed by atoms with Crippen molar-refractivity contribution >= 4 is 12.2 Å². The van der Waals surface area contributed by atoms with Crippen LogP contribution in [0.1, 0.15) is 16.1 Å². The molecule has 0 atom stereocenters. The molecule has 0 amide bonds. The van der Waals surface area contributed by atoms with E-state index in [1.807, 2.05) is 0 Å². The maximum Gasteiger partial charge on any atom is 0.222 e. The molecule has 2 rings (SSSR count). The quantitative estimate of drug-likeness (QED) is 0.814. The molecule has 1 aromatic carbocycles. The second-order valence-electron chi connectivity index (χ2n) is 4.20. The zero-order valence-electron chi connectivity index (χ0n) is 10.9. The molecule has 0 spiro atoms. The molecule has 0 bridgehead atoms. The fraction of sp³-hybridized carbons (Fsp3) is 0.214. The summed E-state index contributed by atoms with van der Waals surface area (Å²) in [5, 5.41) is 11.6. The van der Waals surface area contributed by atoms with Crippen molar-refractivity contribution in [3.63, 3.8) is 0 Å². The van der Waals surface area contributed by atoms with Crippen molar-refractivity contribution in [2.45, 2.75) is 6.92 Å². The van der Waals surface area contributed by atoms with Gasteiger partial charge < -0.3 is 10.4 Å². The maximum absolute atomic E-state index is 13.3. The molecule has 5 nitrogen and oxygen atoms in total. The number of aromatic nitrogens is 2. The first kappa shape index (κ1) is 14.1. The van der Waals surface area contributed by atoms with E-state index >= 15 is 0 Å². The summed E-state index contributed by atoms with van der Waals surface area (Å²) in [5.74, 6) is -0.137. The van der Waals surface area contributed by atoms with Crippen molar-refractivity contribution < 1.29 is 14.3 Å². The van der Waals surface area contributed by atoms with Crippen LogP contribution in [-0.2, 0) is 0 Å². The van der Waals surface area contributed by atoms with Gasteiger partial charge in [-0.2, -0.15) is 0 Å². The summed E-state index contributed by atoms with van der Waals surface area (Å²) in [5.41, 5.74) is 2.11. The minimum atomic E-state index is -0.552. The number of aliphatic hydroxyl groups excluding tert-OH is 1. The lowest BCUT2D eigenvalue weighted by Gasteiger charge is -2.08. The first-order valence-electron chi connectivity index (χ1n) is 6.09. The second kappa shape index (κ2) is 6.21. The number of benzene rings is 1. The zero-order chi connectivity index (χ0) is 14.5. The first-order valence-corrected chi connectivity index (χ1v) is 6.09. The summed E-state index contributed by atoms with van der Waals surface area (Å²) >= 11 is 0. The minimum Gasteiger partial charge on any atom is -0.395 e. The molecule has 20 heavy (non-hydrogen) atoms. The summed E-state index contributed by atoms with van der Waals surface area (Å²) in [6, 6.07) is 4.29. The summed E-state index contributed by atoms with van der Waals surface area (Å²) in [6.07, 6.45) is 2.08. The largest absolute Gasteiger partial charge is 0.395 e. The molecule has 0 aliphatic carbocycles. The van der Waals surface area contributed by atoms with E-state index in [0.717, 1.165) is 5.56 Å². The number of nitrogens with zero attached hydrogens (tertiary/aromatic N) is 2. The molecule has 2 aromatic rings. The Morgan fingerprint density at radius 3 is 2.90 bits per heavy atom. The Bertz CT molecular complexity index is 632. The van der Waals surface area contributed by atoms with Gasteiger partial charge in [-0.15, -0.1) is 0 Å². The fourth-order valence-corrected chi connectivity index (χ4v) is 1.80. The maximum atomic E-state index is 13.3. The lowest BCUT2D eigenvalue weighted by atomic mass is 10.0. The van der Waals surface area contributed by atoms with Gasteiger partial charge in [-0.05, 0) is 24.6 Å². The van der Waals surface area contributed by atoms with Gasteiger partial charge in [-0.1, -0.05) is 6.07 Å². The summed E-state index contributed by atoms with van der Waals surface area (Å²) in [4.78, 5) is 19.1. The first-order chi connectivity index (χ1) is 9.65. The molecule has 0 aliphatic heterocycles. The fourth-order valence-electron chi connectivity index (χ4n) is 1.80. The highest BCUT2D eigenvalue weighted by molar-refractivity contribution is 5.79. The monoisotopic (exact) mass is 275 g/mol. The number of nitrogens with one attached hydrogen (secondary N) is 1. The molecule has 0 unspecified atom stereocenters. The number of carbonyl (C=O) groups is 1. The number of carbonyl (C=O) groups excluding carboxylic acids is 1. The summed E-state index contributed by atoms with van der Waals surface area (Å²) < 4.78 is 13.3. The Morgan fingerprint density at radius 2 is 2.25 bits per heavy atom. The van der Waals surface area contributed by atoms with Crippen LogP contribution in [0.5, 0.6) is 0 Å². The van der Waals surface area contributed by atoms with Crippen LogP contribution in [0.2, 0.25) is 0 Å². The van der Waals surface area contributed by atoms with Crippen molar-refractivity contribution in [3.8, 4) is 11.1 Å². The number of rotatable bonds is 5. The van der Waals surface area contributed by atoms with Gasteiger partial charge >= 0.3 is 0 Å². The molecule has 0 saturated carbocycles. The Kier molecular flexibility index (Phi) is 4.37. The van der Waals surface area contributed by atoms with Crippen LogP contribution >= 0.6 is 0 Å². The smallest absolute Gasteiger partial charge is 0.222 e. The van der Waals surface area contributed by atoms with Crippen molar-refractivity contribution in [2.24, 2.45) is 0 Å². The Hall–Kier alpha value is -2.34. The van der Waals surface area contributed by atoms with Crippen LogP contribution in [0, 0.1) is 12.7 Å². The molecule has 0 fully saturated rings. The van der Waals surface area contributed by atoms with E-state index in [0.29, 0.717) is 30.0 Å². The molecule has 104 valence electrons. The number of aldehydes is 1. The number of halogens is 1. The Labute approximate surface area is 115 Å². The molecule has 1 aromatic heterocycles. The van der Waals surface area contributed by atoms with E-state index in [1.165, 1.54) is 12.1 Å². The molecule has 0 radical (unpaired) electrons. The van der Waals surface area contributed by atoms with Crippen LogP contribution in [0.15, 0.2) is 24.4 Å². The van der Waals surface area contributed by atoms with E-state index in [1.54, 1.807) is 19.2 Å². The highest BCUT2D eigenvalue weighted by Gasteiger charge is 2.09. The van der Waals surface area contributed by atoms with Gasteiger partial charge in [0.25, 0.3) is 0 Å². The van der Waals surface area contributed by atoms with E-state index in [4.69, 9.17) is 5.11 Å². The lowest BCUT2D eigenvalue weighted by Crippen LogP contribution is -2.09. The van der Waals surface area contributed by atoms with Crippen molar-refractivity contribution in [1.82, 2.24) is 9.97 Å². The average molecular weight is 275 g/mol. The third-order valence-corrected chi connectivity index (χ3v) is 2.81. The topological polar surface area (TPSA) is 75.1 Å². The van der Waals surface area contributed by atoms with Crippen LogP contribution in [0.25, 0.3) is 11.1 Å². The predicted octanol–water partition coefficient (Wildman–Crippen LogP) is 1.81. The zero-order valence-corrected chi connectivity index (χ0v) is 10.9. The number of aryl methyl sites for hydroxylation is 1. The molecule has 6 heteroatoms. The second-order valence-corrected chi connectivity index (χ2v) is 4.20. The van der Waals surface area contributed by atoms with Gasteiger partial charge in [0.2, 0.25) is 5.95 Å². The van der Waals surface area contributed by atoms with Gasteiger partial charge in [0.1, 0.15) is 5.82 Å². The molecule has 2 N–H and O–H groups in total. The Morgan fingerprint density at radius 1 is 1.45 bits per heavy atom. The van der Waals surface area contributed by atoms with Gasteiger partial charge in [0.15, 0.2) is 6.29 Å². The number of anilines is 1. The average Bonchev–Trinajstić information content (AvgIpc) is 2.46. The number of aliphatic hydroxyl groups is 1. The van der Waals surface area contributed by atoms with Crippen LogP contribution in [0.4, 0.5) is 10.3 Å².